The van der Waals surface area contributed by atoms with Crippen molar-refractivity contribution in [3.8, 4) is 0 Å². The summed E-state index contributed by atoms with van der Waals surface area (Å²) in [6.45, 7) is 6.84. The highest BCUT2D eigenvalue weighted by molar-refractivity contribution is 5.92. The minimum absolute atomic E-state index is 0.246. The maximum atomic E-state index is 13.4. The number of hydrogen-bond acceptors (Lipinski definition) is 3. The van der Waals surface area contributed by atoms with Crippen LogP contribution in [0.4, 0.5) is 4.39 Å². The molecule has 2 rings (SSSR count). The van der Waals surface area contributed by atoms with Crippen LogP contribution in [0.15, 0.2) is 24.8 Å². The van der Waals surface area contributed by atoms with Crippen molar-refractivity contribution in [3.05, 3.63) is 36.3 Å². The molecule has 6 heteroatoms. The van der Waals surface area contributed by atoms with Gasteiger partial charge in [0.15, 0.2) is 0 Å². The summed E-state index contributed by atoms with van der Waals surface area (Å²) >= 11 is 0. The molecule has 0 aliphatic rings. The number of primary amides is 1. The molecule has 0 aliphatic carbocycles. The predicted octanol–water partition coefficient (Wildman–Crippen LogP) is 1.33. The Morgan fingerprint density at radius 1 is 1.42 bits per heavy atom. The lowest BCUT2D eigenvalue weighted by atomic mass is 10.0. The standard InChI is InChI=1S/C13H15FN4O/c1-7(15)11-9-5-4-8(14)6-10(9)18(17-11)13(2,3)12(16)19/h4-6H,1,15H2,2-3H3,(H2,16,19). The highest BCUT2D eigenvalue weighted by Gasteiger charge is 2.31. The number of rotatable bonds is 3. The van der Waals surface area contributed by atoms with E-state index in [0.717, 1.165) is 0 Å². The highest BCUT2D eigenvalue weighted by Crippen LogP contribution is 2.27. The van der Waals surface area contributed by atoms with Crippen molar-refractivity contribution in [2.75, 3.05) is 0 Å². The molecule has 1 aromatic carbocycles. The van der Waals surface area contributed by atoms with Gasteiger partial charge in [0.2, 0.25) is 5.91 Å². The van der Waals surface area contributed by atoms with E-state index in [4.69, 9.17) is 11.5 Å². The topological polar surface area (TPSA) is 86.9 Å². The smallest absolute Gasteiger partial charge is 0.244 e. The Balaban J connectivity index is 2.85. The first-order valence-corrected chi connectivity index (χ1v) is 5.68. The molecule has 0 fully saturated rings. The quantitative estimate of drug-likeness (QED) is 0.874. The van der Waals surface area contributed by atoms with Crippen molar-refractivity contribution in [2.45, 2.75) is 19.4 Å². The van der Waals surface area contributed by atoms with E-state index in [2.05, 4.69) is 11.7 Å². The molecule has 0 aliphatic heterocycles. The number of nitrogens with two attached hydrogens (primary N) is 2. The van der Waals surface area contributed by atoms with Crippen LogP contribution in [0.25, 0.3) is 16.6 Å². The van der Waals surface area contributed by atoms with E-state index >= 15 is 0 Å². The molecule has 1 amide bonds. The van der Waals surface area contributed by atoms with E-state index in [-0.39, 0.29) is 5.70 Å². The van der Waals surface area contributed by atoms with Gasteiger partial charge in [-0.3, -0.25) is 4.79 Å². The Hall–Kier alpha value is -2.37. The second kappa shape index (κ2) is 4.08. The third-order valence-corrected chi connectivity index (χ3v) is 3.08. The van der Waals surface area contributed by atoms with E-state index in [0.29, 0.717) is 16.6 Å². The summed E-state index contributed by atoms with van der Waals surface area (Å²) in [6.07, 6.45) is 0. The Kier molecular flexibility index (Phi) is 2.81. The van der Waals surface area contributed by atoms with E-state index < -0.39 is 17.3 Å². The second-order valence-corrected chi connectivity index (χ2v) is 4.87. The van der Waals surface area contributed by atoms with Gasteiger partial charge in [-0.1, -0.05) is 6.58 Å². The molecular formula is C13H15FN4O. The summed E-state index contributed by atoms with van der Waals surface area (Å²) < 4.78 is 14.8. The fourth-order valence-electron chi connectivity index (χ4n) is 1.86. The van der Waals surface area contributed by atoms with Crippen LogP contribution in [0.5, 0.6) is 0 Å². The van der Waals surface area contributed by atoms with Crippen LogP contribution >= 0.6 is 0 Å². The second-order valence-electron chi connectivity index (χ2n) is 4.87. The van der Waals surface area contributed by atoms with Crippen molar-refractivity contribution in [1.82, 2.24) is 9.78 Å². The van der Waals surface area contributed by atoms with Crippen LogP contribution in [0.1, 0.15) is 19.5 Å². The molecule has 4 N–H and O–H groups in total. The minimum Gasteiger partial charge on any atom is -0.397 e. The molecule has 1 aromatic heterocycles. The lowest BCUT2D eigenvalue weighted by Crippen LogP contribution is -2.41. The average Bonchev–Trinajstić information content (AvgIpc) is 2.67. The molecule has 5 nitrogen and oxygen atoms in total. The maximum Gasteiger partial charge on any atom is 0.244 e. The Morgan fingerprint density at radius 2 is 2.05 bits per heavy atom. The van der Waals surface area contributed by atoms with Gasteiger partial charge in [-0.15, -0.1) is 0 Å². The molecule has 0 atom stereocenters. The van der Waals surface area contributed by atoms with Crippen molar-refractivity contribution >= 4 is 22.5 Å². The van der Waals surface area contributed by atoms with Crippen LogP contribution in [0.2, 0.25) is 0 Å². The normalized spacial score (nSPS) is 11.7. The fourth-order valence-corrected chi connectivity index (χ4v) is 1.86. The van der Waals surface area contributed by atoms with Crippen molar-refractivity contribution in [1.29, 1.82) is 0 Å². The van der Waals surface area contributed by atoms with E-state index in [9.17, 15) is 9.18 Å². The Labute approximate surface area is 109 Å². The third-order valence-electron chi connectivity index (χ3n) is 3.08. The fraction of sp³-hybridized carbons (Fsp3) is 0.231. The van der Waals surface area contributed by atoms with Gasteiger partial charge in [-0.25, -0.2) is 9.07 Å². The van der Waals surface area contributed by atoms with Gasteiger partial charge in [0.05, 0.1) is 11.2 Å². The molecule has 19 heavy (non-hydrogen) atoms. The zero-order chi connectivity index (χ0) is 14.4. The summed E-state index contributed by atoms with van der Waals surface area (Å²) in [5, 5.41) is 4.88. The van der Waals surface area contributed by atoms with Gasteiger partial charge < -0.3 is 11.5 Å². The Morgan fingerprint density at radius 3 is 2.58 bits per heavy atom. The molecule has 100 valence electrons. The van der Waals surface area contributed by atoms with Crippen molar-refractivity contribution < 1.29 is 9.18 Å². The van der Waals surface area contributed by atoms with Gasteiger partial charge >= 0.3 is 0 Å². The first-order chi connectivity index (χ1) is 8.75. The number of aromatic nitrogens is 2. The first-order valence-electron chi connectivity index (χ1n) is 5.68. The van der Waals surface area contributed by atoms with Crippen LogP contribution in [-0.2, 0) is 10.3 Å². The first kappa shape index (κ1) is 13.1. The van der Waals surface area contributed by atoms with Crippen LogP contribution in [0.3, 0.4) is 0 Å². The van der Waals surface area contributed by atoms with Crippen molar-refractivity contribution in [2.24, 2.45) is 11.5 Å². The zero-order valence-electron chi connectivity index (χ0n) is 10.8. The Bertz CT molecular complexity index is 687. The molecule has 0 unspecified atom stereocenters. The van der Waals surface area contributed by atoms with Gasteiger partial charge in [0, 0.05) is 5.39 Å². The zero-order valence-corrected chi connectivity index (χ0v) is 10.8. The molecule has 0 bridgehead atoms. The predicted molar refractivity (Wildman–Crippen MR) is 71.4 cm³/mol. The summed E-state index contributed by atoms with van der Waals surface area (Å²) in [4.78, 5) is 11.5. The molecule has 1 heterocycles. The lowest BCUT2D eigenvalue weighted by molar-refractivity contribution is -0.125. The van der Waals surface area contributed by atoms with E-state index in [1.54, 1.807) is 19.9 Å². The highest BCUT2D eigenvalue weighted by atomic mass is 19.1. The SMILES string of the molecule is C=C(N)c1nn(C(C)(C)C(N)=O)c2cc(F)ccc12. The van der Waals surface area contributed by atoms with Crippen LogP contribution in [-0.4, -0.2) is 15.7 Å². The van der Waals surface area contributed by atoms with Gasteiger partial charge in [0.1, 0.15) is 17.1 Å². The number of halogens is 1. The molecule has 0 saturated carbocycles. The summed E-state index contributed by atoms with van der Waals surface area (Å²) in [5.41, 5.74) is 11.1. The number of benzene rings is 1. The summed E-state index contributed by atoms with van der Waals surface area (Å²) in [7, 11) is 0. The number of nitrogens with zero attached hydrogens (tertiary/aromatic N) is 2. The van der Waals surface area contributed by atoms with Gasteiger partial charge in [-0.05, 0) is 32.0 Å². The molecular weight excluding hydrogens is 247 g/mol. The number of carbonyl (C=O) groups excluding carboxylic acids is 1. The number of fused-ring (bicyclic) bond motifs is 1. The largest absolute Gasteiger partial charge is 0.397 e. The van der Waals surface area contributed by atoms with Gasteiger partial charge in [0.25, 0.3) is 0 Å². The molecule has 0 saturated heterocycles. The lowest BCUT2D eigenvalue weighted by Gasteiger charge is -2.22. The van der Waals surface area contributed by atoms with E-state index in [1.807, 2.05) is 0 Å². The number of carbonyl (C=O) groups is 1. The number of hydrogen-bond donors (Lipinski definition) is 2. The molecule has 0 spiro atoms. The number of amides is 1. The molecule has 2 aromatic rings. The minimum atomic E-state index is -1.10. The average molecular weight is 262 g/mol. The maximum absolute atomic E-state index is 13.4. The third kappa shape index (κ3) is 1.95. The van der Waals surface area contributed by atoms with Crippen LogP contribution in [0, 0.1) is 5.82 Å². The monoisotopic (exact) mass is 262 g/mol. The summed E-state index contributed by atoms with van der Waals surface area (Å²) in [6, 6.07) is 4.15. The van der Waals surface area contributed by atoms with E-state index in [1.165, 1.54) is 16.8 Å². The van der Waals surface area contributed by atoms with Crippen LogP contribution < -0.4 is 11.5 Å². The molecule has 0 radical (unpaired) electrons. The summed E-state index contributed by atoms with van der Waals surface area (Å²) in [5.74, 6) is -1.00. The van der Waals surface area contributed by atoms with Crippen molar-refractivity contribution in [3.63, 3.8) is 0 Å². The van der Waals surface area contributed by atoms with Gasteiger partial charge in [-0.2, -0.15) is 5.10 Å².